The maximum absolute atomic E-state index is 13.3. The molecular weight excluding hydrogens is 448 g/mol. The van der Waals surface area contributed by atoms with Crippen LogP contribution in [0.5, 0.6) is 11.5 Å². The van der Waals surface area contributed by atoms with E-state index in [1.165, 1.54) is 17.0 Å². The van der Waals surface area contributed by atoms with Crippen molar-refractivity contribution < 1.29 is 29.3 Å². The van der Waals surface area contributed by atoms with Gasteiger partial charge in [0.25, 0.3) is 5.91 Å². The molecule has 0 bridgehead atoms. The zero-order chi connectivity index (χ0) is 24.8. The molecule has 0 aromatic heterocycles. The van der Waals surface area contributed by atoms with Crippen molar-refractivity contribution in [2.75, 3.05) is 46.0 Å². The fourth-order valence-corrected chi connectivity index (χ4v) is 4.35. The van der Waals surface area contributed by atoms with Gasteiger partial charge in [-0.15, -0.1) is 0 Å². The molecule has 184 valence electrons. The first-order valence-electron chi connectivity index (χ1n) is 11.8. The Bertz CT molecular complexity index is 1120. The average molecular weight is 479 g/mol. The van der Waals surface area contributed by atoms with Crippen LogP contribution in [0.4, 0.5) is 0 Å². The fraction of sp³-hybridized carbons (Fsp3) is 0.333. The van der Waals surface area contributed by atoms with Crippen molar-refractivity contribution in [3.63, 3.8) is 0 Å². The highest BCUT2D eigenvalue weighted by molar-refractivity contribution is 6.14. The molecule has 2 aliphatic rings. The first-order chi connectivity index (χ1) is 17.0. The third-order valence-corrected chi connectivity index (χ3v) is 6.16. The number of hydrogen-bond acceptors (Lipinski definition) is 7. The van der Waals surface area contributed by atoms with Gasteiger partial charge in [0.2, 0.25) is 0 Å². The molecule has 35 heavy (non-hydrogen) atoms. The molecule has 1 unspecified atom stereocenters. The topological polar surface area (TPSA) is 99.5 Å². The molecule has 1 amide bonds. The lowest BCUT2D eigenvalue weighted by Gasteiger charge is -2.31. The maximum atomic E-state index is 13.3. The standard InChI is InChI=1S/C27H30N2O6/c1-2-35-23-18-20(9-11-21(23)30)25-24(22(31)10-8-19-6-4-3-5-7-19)26(32)27(33)29(25)13-12-28-14-16-34-17-15-28/h3-11,18,25,30,32H,2,12-17H2,1H3. The van der Waals surface area contributed by atoms with E-state index in [0.29, 0.717) is 38.5 Å². The van der Waals surface area contributed by atoms with Gasteiger partial charge in [0, 0.05) is 26.2 Å². The lowest BCUT2D eigenvalue weighted by Crippen LogP contribution is -2.43. The lowest BCUT2D eigenvalue weighted by molar-refractivity contribution is -0.129. The van der Waals surface area contributed by atoms with Crippen LogP contribution in [-0.4, -0.2) is 77.7 Å². The number of hydrogen-bond donors (Lipinski definition) is 2. The molecule has 8 nitrogen and oxygen atoms in total. The molecule has 1 fully saturated rings. The molecule has 2 aromatic carbocycles. The number of ketones is 1. The first kappa shape index (κ1) is 24.5. The smallest absolute Gasteiger partial charge is 0.290 e. The first-order valence-corrected chi connectivity index (χ1v) is 11.8. The zero-order valence-corrected chi connectivity index (χ0v) is 19.7. The molecule has 0 aliphatic carbocycles. The Labute approximate surface area is 204 Å². The van der Waals surface area contributed by atoms with Crippen LogP contribution in [0.25, 0.3) is 6.08 Å². The summed E-state index contributed by atoms with van der Waals surface area (Å²) >= 11 is 0. The number of rotatable bonds is 9. The minimum atomic E-state index is -0.809. The summed E-state index contributed by atoms with van der Waals surface area (Å²) in [5, 5.41) is 21.0. The summed E-state index contributed by atoms with van der Waals surface area (Å²) in [4.78, 5) is 30.1. The number of phenols is 1. The number of ether oxygens (including phenoxy) is 2. The highest BCUT2D eigenvalue weighted by Crippen LogP contribution is 2.40. The molecular formula is C27H30N2O6. The van der Waals surface area contributed by atoms with Crippen LogP contribution in [0.3, 0.4) is 0 Å². The SMILES string of the molecule is CCOc1cc(C2C(C(=O)C=Cc3ccccc3)=C(O)C(=O)N2CCN2CCOCC2)ccc1O. The molecule has 0 spiro atoms. The van der Waals surface area contributed by atoms with Crippen molar-refractivity contribution in [2.45, 2.75) is 13.0 Å². The van der Waals surface area contributed by atoms with Crippen LogP contribution in [0.15, 0.2) is 65.9 Å². The molecule has 2 N–H and O–H groups in total. The molecule has 1 atom stereocenters. The van der Waals surface area contributed by atoms with Crippen LogP contribution in [-0.2, 0) is 14.3 Å². The summed E-state index contributed by atoms with van der Waals surface area (Å²) in [6.45, 7) is 5.81. The quantitative estimate of drug-likeness (QED) is 0.534. The second kappa shape index (κ2) is 11.2. The van der Waals surface area contributed by atoms with Gasteiger partial charge in [0.05, 0.1) is 31.4 Å². The van der Waals surface area contributed by atoms with E-state index in [9.17, 15) is 19.8 Å². The lowest BCUT2D eigenvalue weighted by atomic mass is 9.95. The number of allylic oxidation sites excluding steroid dienone is 1. The van der Waals surface area contributed by atoms with E-state index < -0.39 is 23.5 Å². The Morgan fingerprint density at radius 1 is 1.11 bits per heavy atom. The monoisotopic (exact) mass is 478 g/mol. The predicted molar refractivity (Wildman–Crippen MR) is 131 cm³/mol. The maximum Gasteiger partial charge on any atom is 0.290 e. The van der Waals surface area contributed by atoms with Gasteiger partial charge in [0.1, 0.15) is 0 Å². The average Bonchev–Trinajstić information content (AvgIpc) is 3.13. The van der Waals surface area contributed by atoms with Gasteiger partial charge in [-0.05, 0) is 36.3 Å². The molecule has 4 rings (SSSR count). The Morgan fingerprint density at radius 3 is 2.57 bits per heavy atom. The highest BCUT2D eigenvalue weighted by atomic mass is 16.5. The molecule has 2 aromatic rings. The van der Waals surface area contributed by atoms with Crippen molar-refractivity contribution in [2.24, 2.45) is 0 Å². The number of aliphatic hydroxyl groups is 1. The molecule has 0 radical (unpaired) electrons. The number of morpholine rings is 1. The Morgan fingerprint density at radius 2 is 1.86 bits per heavy atom. The Balaban J connectivity index is 1.67. The van der Waals surface area contributed by atoms with E-state index in [1.807, 2.05) is 30.3 Å². The third kappa shape index (κ3) is 5.55. The number of aromatic hydroxyl groups is 1. The summed E-state index contributed by atoms with van der Waals surface area (Å²) in [5.41, 5.74) is 1.41. The van der Waals surface area contributed by atoms with Gasteiger partial charge in [-0.3, -0.25) is 14.5 Å². The van der Waals surface area contributed by atoms with Gasteiger partial charge in [-0.1, -0.05) is 42.5 Å². The van der Waals surface area contributed by atoms with Crippen molar-refractivity contribution in [3.05, 3.63) is 77.1 Å². The number of carbonyl (C=O) groups excluding carboxylic acids is 2. The number of benzene rings is 2. The van der Waals surface area contributed by atoms with E-state index >= 15 is 0 Å². The van der Waals surface area contributed by atoms with Crippen LogP contribution < -0.4 is 4.74 Å². The van der Waals surface area contributed by atoms with Gasteiger partial charge in [-0.2, -0.15) is 0 Å². The van der Waals surface area contributed by atoms with E-state index in [1.54, 1.807) is 25.1 Å². The van der Waals surface area contributed by atoms with Crippen LogP contribution in [0.2, 0.25) is 0 Å². The number of phenolic OH excluding ortho intramolecular Hbond substituents is 1. The molecule has 2 heterocycles. The normalized spacial score (nSPS) is 19.1. The van der Waals surface area contributed by atoms with Gasteiger partial charge in [-0.25, -0.2) is 0 Å². The van der Waals surface area contributed by atoms with Crippen molar-refractivity contribution in [1.82, 2.24) is 9.80 Å². The molecule has 2 aliphatic heterocycles. The second-order valence-electron chi connectivity index (χ2n) is 8.39. The van der Waals surface area contributed by atoms with Crippen LogP contribution >= 0.6 is 0 Å². The van der Waals surface area contributed by atoms with Gasteiger partial charge in [0.15, 0.2) is 23.0 Å². The second-order valence-corrected chi connectivity index (χ2v) is 8.39. The summed E-state index contributed by atoms with van der Waals surface area (Å²) in [6, 6.07) is 13.3. The molecule has 0 saturated carbocycles. The summed E-state index contributed by atoms with van der Waals surface area (Å²) in [6.07, 6.45) is 3.03. The third-order valence-electron chi connectivity index (χ3n) is 6.16. The van der Waals surface area contributed by atoms with Crippen molar-refractivity contribution in [1.29, 1.82) is 0 Å². The fourth-order valence-electron chi connectivity index (χ4n) is 4.35. The molecule has 1 saturated heterocycles. The highest BCUT2D eigenvalue weighted by Gasteiger charge is 2.43. The number of aliphatic hydroxyl groups excluding tert-OH is 1. The van der Waals surface area contributed by atoms with E-state index in [0.717, 1.165) is 18.7 Å². The van der Waals surface area contributed by atoms with Gasteiger partial charge < -0.3 is 24.6 Å². The van der Waals surface area contributed by atoms with Gasteiger partial charge >= 0.3 is 0 Å². The summed E-state index contributed by atoms with van der Waals surface area (Å²) in [7, 11) is 0. The number of nitrogens with zero attached hydrogens (tertiary/aromatic N) is 2. The molecule has 8 heteroatoms. The van der Waals surface area contributed by atoms with E-state index in [2.05, 4.69) is 4.90 Å². The largest absolute Gasteiger partial charge is 0.504 e. The minimum absolute atomic E-state index is 0.0114. The predicted octanol–water partition coefficient (Wildman–Crippen LogP) is 3.10. The zero-order valence-electron chi connectivity index (χ0n) is 19.7. The van der Waals surface area contributed by atoms with Crippen LogP contribution in [0, 0.1) is 0 Å². The summed E-state index contributed by atoms with van der Waals surface area (Å²) < 4.78 is 10.9. The minimum Gasteiger partial charge on any atom is -0.504 e. The Kier molecular flexibility index (Phi) is 7.84. The van der Waals surface area contributed by atoms with E-state index in [4.69, 9.17) is 9.47 Å². The van der Waals surface area contributed by atoms with E-state index in [-0.39, 0.29) is 17.1 Å². The van der Waals surface area contributed by atoms with Crippen molar-refractivity contribution >= 4 is 17.8 Å². The number of amides is 1. The summed E-state index contributed by atoms with van der Waals surface area (Å²) in [5.74, 6) is -1.38. The van der Waals surface area contributed by atoms with Crippen molar-refractivity contribution in [3.8, 4) is 11.5 Å². The van der Waals surface area contributed by atoms with Crippen LogP contribution in [0.1, 0.15) is 24.1 Å². The number of carbonyl (C=O) groups is 2. The Hall–Kier alpha value is -3.62.